The van der Waals surface area contributed by atoms with Gasteiger partial charge in [-0.15, -0.1) is 0 Å². The van der Waals surface area contributed by atoms with Gasteiger partial charge in [-0.05, 0) is 18.9 Å². The standard InChI is InChI=1S/C18H24FN3O2/c1-11(2)16-18(24)22-7-6-21(10-15(22)17(23)20-16)9-13-8-12(3)4-5-14(13)19/h4-5,8,11,15-16H,6-7,9-10H2,1-3H3,(H,20,23)/t15-,16+/m1/s1. The quantitative estimate of drug-likeness (QED) is 0.907. The molecule has 0 aromatic heterocycles. The Bertz CT molecular complexity index is 662. The van der Waals surface area contributed by atoms with Crippen molar-refractivity contribution in [1.82, 2.24) is 15.1 Å². The first-order chi connectivity index (χ1) is 11.4. The Morgan fingerprint density at radius 2 is 2.04 bits per heavy atom. The fraction of sp³-hybridized carbons (Fsp3) is 0.556. The molecule has 0 aliphatic carbocycles. The number of carbonyl (C=O) groups excluding carboxylic acids is 2. The molecule has 3 rings (SSSR count). The van der Waals surface area contributed by atoms with E-state index in [9.17, 15) is 14.0 Å². The number of aryl methyl sites for hydroxylation is 1. The highest BCUT2D eigenvalue weighted by Crippen LogP contribution is 2.21. The van der Waals surface area contributed by atoms with E-state index < -0.39 is 12.1 Å². The Hall–Kier alpha value is -1.95. The molecule has 0 unspecified atom stereocenters. The lowest BCUT2D eigenvalue weighted by atomic mass is 9.96. The van der Waals surface area contributed by atoms with Gasteiger partial charge in [0.05, 0.1) is 0 Å². The van der Waals surface area contributed by atoms with Gasteiger partial charge in [-0.3, -0.25) is 14.5 Å². The maximum Gasteiger partial charge on any atom is 0.246 e. The summed E-state index contributed by atoms with van der Waals surface area (Å²) in [5.41, 5.74) is 1.64. The summed E-state index contributed by atoms with van der Waals surface area (Å²) in [6, 6.07) is 4.15. The number of benzene rings is 1. The molecule has 2 amide bonds. The number of nitrogens with one attached hydrogen (secondary N) is 1. The molecule has 0 radical (unpaired) electrons. The number of fused-ring (bicyclic) bond motifs is 1. The van der Waals surface area contributed by atoms with E-state index in [1.165, 1.54) is 6.07 Å². The third-order valence-corrected chi connectivity index (χ3v) is 4.88. The highest BCUT2D eigenvalue weighted by Gasteiger charge is 2.44. The number of rotatable bonds is 3. The summed E-state index contributed by atoms with van der Waals surface area (Å²) < 4.78 is 14.0. The van der Waals surface area contributed by atoms with Crippen molar-refractivity contribution in [2.45, 2.75) is 39.4 Å². The van der Waals surface area contributed by atoms with Crippen molar-refractivity contribution in [3.8, 4) is 0 Å². The first-order valence-electron chi connectivity index (χ1n) is 8.45. The topological polar surface area (TPSA) is 52.6 Å². The van der Waals surface area contributed by atoms with Crippen LogP contribution in [-0.4, -0.2) is 53.3 Å². The number of carbonyl (C=O) groups is 2. The lowest BCUT2D eigenvalue weighted by Crippen LogP contribution is -2.70. The molecule has 2 fully saturated rings. The van der Waals surface area contributed by atoms with Crippen LogP contribution in [0.3, 0.4) is 0 Å². The monoisotopic (exact) mass is 333 g/mol. The normalized spacial score (nSPS) is 25.0. The Labute approximate surface area is 141 Å². The predicted octanol–water partition coefficient (Wildman–Crippen LogP) is 1.30. The molecule has 1 N–H and O–H groups in total. The molecule has 1 aromatic rings. The van der Waals surface area contributed by atoms with Gasteiger partial charge in [0, 0.05) is 31.7 Å². The van der Waals surface area contributed by atoms with Gasteiger partial charge in [-0.2, -0.15) is 0 Å². The average Bonchev–Trinajstić information content (AvgIpc) is 2.54. The fourth-order valence-corrected chi connectivity index (χ4v) is 3.48. The van der Waals surface area contributed by atoms with Crippen LogP contribution in [0.1, 0.15) is 25.0 Å². The van der Waals surface area contributed by atoms with E-state index in [4.69, 9.17) is 0 Å². The van der Waals surface area contributed by atoms with Crippen LogP contribution in [0.2, 0.25) is 0 Å². The molecule has 5 nitrogen and oxygen atoms in total. The molecule has 6 heteroatoms. The van der Waals surface area contributed by atoms with E-state index >= 15 is 0 Å². The van der Waals surface area contributed by atoms with Crippen LogP contribution in [0.25, 0.3) is 0 Å². The summed E-state index contributed by atoms with van der Waals surface area (Å²) in [5, 5.41) is 2.84. The van der Waals surface area contributed by atoms with Crippen molar-refractivity contribution in [2.75, 3.05) is 19.6 Å². The summed E-state index contributed by atoms with van der Waals surface area (Å²) in [4.78, 5) is 28.7. The van der Waals surface area contributed by atoms with Crippen molar-refractivity contribution >= 4 is 11.8 Å². The second kappa shape index (κ2) is 6.51. The Kier molecular flexibility index (Phi) is 4.58. The zero-order valence-corrected chi connectivity index (χ0v) is 14.4. The predicted molar refractivity (Wildman–Crippen MR) is 88.7 cm³/mol. The van der Waals surface area contributed by atoms with E-state index in [1.807, 2.05) is 31.7 Å². The van der Waals surface area contributed by atoms with Crippen molar-refractivity contribution in [3.05, 3.63) is 35.1 Å². The molecule has 2 saturated heterocycles. The highest BCUT2D eigenvalue weighted by molar-refractivity contribution is 5.97. The van der Waals surface area contributed by atoms with Gasteiger partial charge >= 0.3 is 0 Å². The number of nitrogens with zero attached hydrogens (tertiary/aromatic N) is 2. The summed E-state index contributed by atoms with van der Waals surface area (Å²) in [6.07, 6.45) is 0. The SMILES string of the molecule is Cc1ccc(F)c(CN2CCN3C(=O)[C@H](C(C)C)NC(=O)[C@H]3C2)c1. The number of piperazine rings is 2. The summed E-state index contributed by atoms with van der Waals surface area (Å²) in [6.45, 7) is 7.84. The van der Waals surface area contributed by atoms with E-state index in [0.717, 1.165) is 5.56 Å². The number of amides is 2. The van der Waals surface area contributed by atoms with Crippen molar-refractivity contribution in [3.63, 3.8) is 0 Å². The molecule has 24 heavy (non-hydrogen) atoms. The lowest BCUT2D eigenvalue weighted by Gasteiger charge is -2.46. The molecule has 0 bridgehead atoms. The highest BCUT2D eigenvalue weighted by atomic mass is 19.1. The third kappa shape index (κ3) is 3.15. The third-order valence-electron chi connectivity index (χ3n) is 4.88. The molecular weight excluding hydrogens is 309 g/mol. The molecule has 2 atom stereocenters. The van der Waals surface area contributed by atoms with E-state index in [0.29, 0.717) is 31.7 Å². The Balaban J connectivity index is 1.72. The Morgan fingerprint density at radius 1 is 1.29 bits per heavy atom. The minimum absolute atomic E-state index is 0.00372. The van der Waals surface area contributed by atoms with Gasteiger partial charge < -0.3 is 10.2 Å². The van der Waals surface area contributed by atoms with E-state index in [2.05, 4.69) is 5.32 Å². The first kappa shape index (κ1) is 16.9. The molecule has 0 saturated carbocycles. The van der Waals surface area contributed by atoms with Gasteiger partial charge in [0.1, 0.15) is 17.9 Å². The molecule has 2 aliphatic rings. The smallest absolute Gasteiger partial charge is 0.246 e. The molecule has 0 spiro atoms. The second-order valence-corrected chi connectivity index (χ2v) is 7.11. The van der Waals surface area contributed by atoms with Crippen LogP contribution in [-0.2, 0) is 16.1 Å². The van der Waals surface area contributed by atoms with Crippen LogP contribution < -0.4 is 5.32 Å². The molecule has 2 aliphatic heterocycles. The van der Waals surface area contributed by atoms with E-state index in [1.54, 1.807) is 11.0 Å². The molecular formula is C18H24FN3O2. The van der Waals surface area contributed by atoms with Gasteiger partial charge in [-0.25, -0.2) is 4.39 Å². The van der Waals surface area contributed by atoms with Crippen molar-refractivity contribution in [1.29, 1.82) is 0 Å². The fourth-order valence-electron chi connectivity index (χ4n) is 3.48. The van der Waals surface area contributed by atoms with Gasteiger partial charge in [0.2, 0.25) is 11.8 Å². The largest absolute Gasteiger partial charge is 0.342 e. The molecule has 2 heterocycles. The number of hydrogen-bond acceptors (Lipinski definition) is 3. The average molecular weight is 333 g/mol. The van der Waals surface area contributed by atoms with Crippen LogP contribution >= 0.6 is 0 Å². The maximum absolute atomic E-state index is 14.0. The van der Waals surface area contributed by atoms with Crippen molar-refractivity contribution < 1.29 is 14.0 Å². The number of halogens is 1. The van der Waals surface area contributed by atoms with Gasteiger partial charge in [0.15, 0.2) is 0 Å². The zero-order chi connectivity index (χ0) is 17.4. The van der Waals surface area contributed by atoms with E-state index in [-0.39, 0.29) is 23.5 Å². The van der Waals surface area contributed by atoms with Crippen LogP contribution in [0.15, 0.2) is 18.2 Å². The van der Waals surface area contributed by atoms with Crippen LogP contribution in [0.4, 0.5) is 4.39 Å². The number of hydrogen-bond donors (Lipinski definition) is 1. The zero-order valence-electron chi connectivity index (χ0n) is 14.4. The van der Waals surface area contributed by atoms with Crippen molar-refractivity contribution in [2.24, 2.45) is 5.92 Å². The minimum Gasteiger partial charge on any atom is -0.342 e. The first-order valence-corrected chi connectivity index (χ1v) is 8.45. The Morgan fingerprint density at radius 3 is 2.75 bits per heavy atom. The minimum atomic E-state index is -0.478. The summed E-state index contributed by atoms with van der Waals surface area (Å²) in [7, 11) is 0. The van der Waals surface area contributed by atoms with Crippen LogP contribution in [0.5, 0.6) is 0 Å². The van der Waals surface area contributed by atoms with Gasteiger partial charge in [0.25, 0.3) is 0 Å². The maximum atomic E-state index is 14.0. The summed E-state index contributed by atoms with van der Waals surface area (Å²) in [5.74, 6) is -0.271. The molecule has 1 aromatic carbocycles. The second-order valence-electron chi connectivity index (χ2n) is 7.11. The lowest BCUT2D eigenvalue weighted by molar-refractivity contribution is -0.154. The summed E-state index contributed by atoms with van der Waals surface area (Å²) >= 11 is 0. The van der Waals surface area contributed by atoms with Gasteiger partial charge in [-0.1, -0.05) is 31.5 Å². The van der Waals surface area contributed by atoms with Crippen LogP contribution in [0, 0.1) is 18.7 Å². The molecule has 130 valence electrons.